The van der Waals surface area contributed by atoms with Gasteiger partial charge in [0.15, 0.2) is 0 Å². The number of rotatable bonds is 2. The van der Waals surface area contributed by atoms with Crippen LogP contribution in [0.15, 0.2) is 120 Å². The molecule has 0 N–H and O–H groups in total. The standard InChI is InChI=1S/C42H28N4O/c1-42(2,3)25-16-18-35-30(22-25)40-38(19-17-29-28-12-6-9-15-39(28)47-41(29)40)46(35)37-21-20-36(31(23-43)32(37)24-44)45-33-13-7-4-10-26(33)27-11-5-8-14-34(27)45/h4-22H,1-3H3. The van der Waals surface area contributed by atoms with Gasteiger partial charge in [-0.25, -0.2) is 0 Å². The summed E-state index contributed by atoms with van der Waals surface area (Å²) in [6.07, 6.45) is 0. The maximum atomic E-state index is 10.8. The van der Waals surface area contributed by atoms with Crippen LogP contribution in [-0.2, 0) is 5.41 Å². The van der Waals surface area contributed by atoms with Gasteiger partial charge >= 0.3 is 0 Å². The first-order valence-corrected chi connectivity index (χ1v) is 15.7. The highest BCUT2D eigenvalue weighted by molar-refractivity contribution is 6.24. The van der Waals surface area contributed by atoms with Gasteiger partial charge in [-0.1, -0.05) is 81.4 Å². The second-order valence-corrected chi connectivity index (χ2v) is 13.2. The van der Waals surface area contributed by atoms with E-state index in [1.54, 1.807) is 0 Å². The molecule has 0 saturated carbocycles. The fourth-order valence-electron chi connectivity index (χ4n) is 7.37. The van der Waals surface area contributed by atoms with Crippen molar-refractivity contribution >= 4 is 65.6 Å². The topological polar surface area (TPSA) is 70.6 Å². The number of benzene rings is 6. The molecule has 47 heavy (non-hydrogen) atoms. The summed E-state index contributed by atoms with van der Waals surface area (Å²) in [5.74, 6) is 0. The number of para-hydroxylation sites is 3. The Kier molecular flexibility index (Phi) is 5.52. The predicted octanol–water partition coefficient (Wildman–Crippen LogP) is 10.8. The quantitative estimate of drug-likeness (QED) is 0.197. The lowest BCUT2D eigenvalue weighted by molar-refractivity contribution is 0.591. The molecule has 0 aliphatic heterocycles. The van der Waals surface area contributed by atoms with Gasteiger partial charge in [-0.05, 0) is 65.6 Å². The highest BCUT2D eigenvalue weighted by atomic mass is 16.3. The van der Waals surface area contributed by atoms with Gasteiger partial charge in [0.25, 0.3) is 0 Å². The lowest BCUT2D eigenvalue weighted by Gasteiger charge is -2.19. The van der Waals surface area contributed by atoms with Crippen LogP contribution in [-0.4, -0.2) is 9.13 Å². The number of hydrogen-bond acceptors (Lipinski definition) is 3. The summed E-state index contributed by atoms with van der Waals surface area (Å²) in [5, 5.41) is 27.9. The number of furan rings is 1. The molecule has 5 nitrogen and oxygen atoms in total. The zero-order chi connectivity index (χ0) is 32.0. The molecule has 9 aromatic rings. The summed E-state index contributed by atoms with van der Waals surface area (Å²) in [6, 6.07) is 44.1. The van der Waals surface area contributed by atoms with E-state index in [0.29, 0.717) is 22.5 Å². The summed E-state index contributed by atoms with van der Waals surface area (Å²) in [6.45, 7) is 6.64. The van der Waals surface area contributed by atoms with Crippen LogP contribution in [0.25, 0.3) is 76.9 Å². The molecule has 0 saturated heterocycles. The summed E-state index contributed by atoms with van der Waals surface area (Å²) in [5.41, 5.74) is 8.64. The number of nitrogens with zero attached hydrogens (tertiary/aromatic N) is 4. The van der Waals surface area contributed by atoms with E-state index in [1.807, 2.05) is 54.6 Å². The van der Waals surface area contributed by atoms with Gasteiger partial charge in [-0.2, -0.15) is 10.5 Å². The lowest BCUT2D eigenvalue weighted by Crippen LogP contribution is -2.10. The smallest absolute Gasteiger partial charge is 0.145 e. The molecule has 3 heterocycles. The average Bonchev–Trinajstić information content (AvgIpc) is 3.74. The molecule has 0 bridgehead atoms. The minimum absolute atomic E-state index is 0.0693. The highest BCUT2D eigenvalue weighted by Crippen LogP contribution is 2.43. The maximum Gasteiger partial charge on any atom is 0.145 e. The van der Waals surface area contributed by atoms with E-state index in [2.05, 4.69) is 103 Å². The first-order valence-electron chi connectivity index (χ1n) is 15.7. The van der Waals surface area contributed by atoms with Crippen molar-refractivity contribution in [2.75, 3.05) is 0 Å². The minimum Gasteiger partial charge on any atom is -0.455 e. The van der Waals surface area contributed by atoms with Crippen molar-refractivity contribution in [2.45, 2.75) is 26.2 Å². The summed E-state index contributed by atoms with van der Waals surface area (Å²) in [7, 11) is 0. The lowest BCUT2D eigenvalue weighted by atomic mass is 9.86. The van der Waals surface area contributed by atoms with Crippen LogP contribution in [0.3, 0.4) is 0 Å². The van der Waals surface area contributed by atoms with Gasteiger partial charge in [-0.3, -0.25) is 0 Å². The Morgan fingerprint density at radius 3 is 1.68 bits per heavy atom. The van der Waals surface area contributed by atoms with E-state index < -0.39 is 0 Å². The summed E-state index contributed by atoms with van der Waals surface area (Å²) >= 11 is 0. The molecule has 6 aromatic carbocycles. The van der Waals surface area contributed by atoms with E-state index >= 15 is 0 Å². The molecular formula is C42H28N4O. The molecule has 9 rings (SSSR count). The first-order chi connectivity index (χ1) is 22.9. The Hall–Kier alpha value is -6.30. The van der Waals surface area contributed by atoms with Crippen LogP contribution in [0, 0.1) is 22.7 Å². The zero-order valence-corrected chi connectivity index (χ0v) is 26.2. The van der Waals surface area contributed by atoms with Gasteiger partial charge in [0.1, 0.15) is 23.3 Å². The monoisotopic (exact) mass is 604 g/mol. The van der Waals surface area contributed by atoms with Crippen molar-refractivity contribution in [3.8, 4) is 23.5 Å². The maximum absolute atomic E-state index is 10.8. The van der Waals surface area contributed by atoms with Gasteiger partial charge < -0.3 is 13.6 Å². The van der Waals surface area contributed by atoms with Crippen LogP contribution in [0.1, 0.15) is 37.5 Å². The molecule has 0 aliphatic rings. The SMILES string of the molecule is CC(C)(C)c1ccc2c(c1)c1c3oc4ccccc4c3ccc1n2-c1ccc(-n2c3ccccc3c3ccccc32)c(C#N)c1C#N. The Labute approximate surface area is 270 Å². The van der Waals surface area contributed by atoms with E-state index in [1.165, 1.54) is 5.56 Å². The van der Waals surface area contributed by atoms with Crippen molar-refractivity contribution in [2.24, 2.45) is 0 Å². The largest absolute Gasteiger partial charge is 0.455 e. The third-order valence-electron chi connectivity index (χ3n) is 9.59. The van der Waals surface area contributed by atoms with Crippen molar-refractivity contribution in [3.63, 3.8) is 0 Å². The summed E-state index contributed by atoms with van der Waals surface area (Å²) in [4.78, 5) is 0. The Morgan fingerprint density at radius 1 is 0.532 bits per heavy atom. The van der Waals surface area contributed by atoms with Gasteiger partial charge in [0, 0.05) is 26.9 Å². The normalized spacial score (nSPS) is 12.1. The van der Waals surface area contributed by atoms with Crippen molar-refractivity contribution < 1.29 is 4.42 Å². The van der Waals surface area contributed by atoms with E-state index in [-0.39, 0.29) is 5.41 Å². The summed E-state index contributed by atoms with van der Waals surface area (Å²) < 4.78 is 10.8. The second-order valence-electron chi connectivity index (χ2n) is 13.2. The average molecular weight is 605 g/mol. The third-order valence-corrected chi connectivity index (χ3v) is 9.59. The Morgan fingerprint density at radius 2 is 1.06 bits per heavy atom. The number of aromatic nitrogens is 2. The number of hydrogen-bond donors (Lipinski definition) is 0. The molecule has 0 amide bonds. The fraction of sp³-hybridized carbons (Fsp3) is 0.0952. The molecular weight excluding hydrogens is 576 g/mol. The van der Waals surface area contributed by atoms with E-state index in [9.17, 15) is 10.5 Å². The molecule has 3 aromatic heterocycles. The van der Waals surface area contributed by atoms with E-state index in [4.69, 9.17) is 4.42 Å². The minimum atomic E-state index is -0.0693. The first kappa shape index (κ1) is 27.0. The van der Waals surface area contributed by atoms with Crippen LogP contribution >= 0.6 is 0 Å². The van der Waals surface area contributed by atoms with Crippen LogP contribution in [0.4, 0.5) is 0 Å². The van der Waals surface area contributed by atoms with Crippen molar-refractivity contribution in [3.05, 3.63) is 132 Å². The Balaban J connectivity index is 1.40. The molecule has 0 fully saturated rings. The van der Waals surface area contributed by atoms with Gasteiger partial charge in [0.2, 0.25) is 0 Å². The molecule has 222 valence electrons. The molecule has 5 heteroatoms. The van der Waals surface area contributed by atoms with Crippen molar-refractivity contribution in [1.82, 2.24) is 9.13 Å². The fourth-order valence-corrected chi connectivity index (χ4v) is 7.37. The van der Waals surface area contributed by atoms with Crippen LogP contribution in [0.2, 0.25) is 0 Å². The predicted molar refractivity (Wildman–Crippen MR) is 191 cm³/mol. The van der Waals surface area contributed by atoms with E-state index in [0.717, 1.165) is 65.6 Å². The number of nitriles is 2. The molecule has 0 radical (unpaired) electrons. The van der Waals surface area contributed by atoms with Crippen molar-refractivity contribution in [1.29, 1.82) is 10.5 Å². The zero-order valence-electron chi connectivity index (χ0n) is 26.2. The second kappa shape index (κ2) is 9.60. The number of fused-ring (bicyclic) bond motifs is 10. The third kappa shape index (κ3) is 3.69. The van der Waals surface area contributed by atoms with Crippen LogP contribution in [0.5, 0.6) is 0 Å². The molecule has 0 atom stereocenters. The van der Waals surface area contributed by atoms with Crippen LogP contribution < -0.4 is 0 Å². The molecule has 0 aliphatic carbocycles. The molecule has 0 spiro atoms. The molecule has 0 unspecified atom stereocenters. The highest BCUT2D eigenvalue weighted by Gasteiger charge is 2.25. The Bertz CT molecular complexity index is 2800. The van der Waals surface area contributed by atoms with Gasteiger partial charge in [-0.15, -0.1) is 0 Å². The van der Waals surface area contributed by atoms with Gasteiger partial charge in [0.05, 0.1) is 50.0 Å².